The van der Waals surface area contributed by atoms with Crippen LogP contribution < -0.4 is 10.6 Å². The summed E-state index contributed by atoms with van der Waals surface area (Å²) in [5, 5.41) is 5.44. The fraction of sp³-hybridized carbons (Fsp3) is 0.364. The molecule has 2 aromatic rings. The highest BCUT2D eigenvalue weighted by Gasteiger charge is 2.28. The minimum absolute atomic E-state index is 0.110. The summed E-state index contributed by atoms with van der Waals surface area (Å²) < 4.78 is 0. The van der Waals surface area contributed by atoms with Crippen LogP contribution >= 0.6 is 11.8 Å². The first kappa shape index (κ1) is 20.4. The van der Waals surface area contributed by atoms with E-state index in [2.05, 4.69) is 41.5 Å². The number of anilines is 1. The van der Waals surface area contributed by atoms with Crippen molar-refractivity contribution in [2.75, 3.05) is 18.4 Å². The van der Waals surface area contributed by atoms with Gasteiger partial charge in [-0.15, -0.1) is 11.8 Å². The molecule has 0 saturated carbocycles. The number of hydrogen-bond donors (Lipinski definition) is 2. The predicted molar refractivity (Wildman–Crippen MR) is 114 cm³/mol. The lowest BCUT2D eigenvalue weighted by Gasteiger charge is -2.23. The Labute approximate surface area is 170 Å². The Kier molecular flexibility index (Phi) is 7.12. The Morgan fingerprint density at radius 1 is 1.11 bits per heavy atom. The third-order valence-corrected chi connectivity index (χ3v) is 6.13. The van der Waals surface area contributed by atoms with E-state index in [4.69, 9.17) is 0 Å². The molecular weight excluding hydrogens is 370 g/mol. The number of nitrogens with one attached hydrogen (secondary N) is 2. The van der Waals surface area contributed by atoms with Crippen molar-refractivity contribution in [2.45, 2.75) is 43.5 Å². The van der Waals surface area contributed by atoms with Gasteiger partial charge in [-0.05, 0) is 36.3 Å². The first-order chi connectivity index (χ1) is 13.6. The topological polar surface area (TPSA) is 61.4 Å². The molecule has 28 heavy (non-hydrogen) atoms. The fourth-order valence-electron chi connectivity index (χ4n) is 3.21. The lowest BCUT2D eigenvalue weighted by Crippen LogP contribution is -2.34. The SMILES string of the molecule is CCN(CC)Cc1cccc(CNC(=O)CC2Sc3ccccc3NC2=O)c1. The second-order valence-corrected chi connectivity index (χ2v) is 8.10. The van der Waals surface area contributed by atoms with Crippen LogP contribution in [-0.4, -0.2) is 35.1 Å². The standard InChI is InChI=1S/C22H27N3O2S/c1-3-25(4-2)15-17-9-7-8-16(12-17)14-23-21(26)13-20-22(27)24-18-10-5-6-11-19(18)28-20/h5-12,20H,3-4,13-15H2,1-2H3,(H,23,26)(H,24,27). The molecular formula is C22H27N3O2S. The number of para-hydroxylation sites is 1. The molecule has 0 radical (unpaired) electrons. The van der Waals surface area contributed by atoms with Gasteiger partial charge in [0.25, 0.3) is 0 Å². The van der Waals surface area contributed by atoms with Gasteiger partial charge in [0.1, 0.15) is 0 Å². The molecule has 5 nitrogen and oxygen atoms in total. The number of hydrogen-bond acceptors (Lipinski definition) is 4. The molecule has 0 bridgehead atoms. The average molecular weight is 398 g/mol. The number of thioether (sulfide) groups is 1. The molecule has 2 N–H and O–H groups in total. The minimum atomic E-state index is -0.399. The molecule has 1 heterocycles. The highest BCUT2D eigenvalue weighted by Crippen LogP contribution is 2.36. The van der Waals surface area contributed by atoms with E-state index in [1.54, 1.807) is 0 Å². The molecule has 0 spiro atoms. The van der Waals surface area contributed by atoms with Gasteiger partial charge in [0.2, 0.25) is 11.8 Å². The molecule has 0 aliphatic carbocycles. The molecule has 2 amide bonds. The van der Waals surface area contributed by atoms with Crippen LogP contribution in [-0.2, 0) is 22.7 Å². The third kappa shape index (κ3) is 5.36. The highest BCUT2D eigenvalue weighted by molar-refractivity contribution is 8.01. The third-order valence-electron chi connectivity index (χ3n) is 4.86. The van der Waals surface area contributed by atoms with Crippen molar-refractivity contribution in [2.24, 2.45) is 0 Å². The molecule has 0 saturated heterocycles. The number of carbonyl (C=O) groups excluding carboxylic acids is 2. The van der Waals surface area contributed by atoms with E-state index >= 15 is 0 Å². The lowest BCUT2D eigenvalue weighted by atomic mass is 10.1. The quantitative estimate of drug-likeness (QED) is 0.714. The maximum atomic E-state index is 12.4. The summed E-state index contributed by atoms with van der Waals surface area (Å²) >= 11 is 1.45. The molecule has 1 unspecified atom stereocenters. The summed E-state index contributed by atoms with van der Waals surface area (Å²) in [6.45, 7) is 7.73. The van der Waals surface area contributed by atoms with Crippen LogP contribution in [0.5, 0.6) is 0 Å². The molecule has 1 aliphatic heterocycles. The van der Waals surface area contributed by atoms with Crippen LogP contribution in [0.4, 0.5) is 5.69 Å². The number of amides is 2. The number of benzene rings is 2. The maximum Gasteiger partial charge on any atom is 0.238 e. The van der Waals surface area contributed by atoms with Crippen molar-refractivity contribution in [3.05, 3.63) is 59.7 Å². The Balaban J connectivity index is 1.53. The molecule has 0 aromatic heterocycles. The van der Waals surface area contributed by atoms with Crippen LogP contribution in [0.3, 0.4) is 0 Å². The predicted octanol–water partition coefficient (Wildman–Crippen LogP) is 3.65. The Morgan fingerprint density at radius 3 is 2.64 bits per heavy atom. The summed E-state index contributed by atoms with van der Waals surface area (Å²) in [5.41, 5.74) is 3.14. The van der Waals surface area contributed by atoms with Crippen molar-refractivity contribution in [3.8, 4) is 0 Å². The fourth-order valence-corrected chi connectivity index (χ4v) is 4.32. The van der Waals surface area contributed by atoms with Crippen molar-refractivity contribution < 1.29 is 9.59 Å². The summed E-state index contributed by atoms with van der Waals surface area (Å²) in [6.07, 6.45) is 0.171. The summed E-state index contributed by atoms with van der Waals surface area (Å²) in [7, 11) is 0. The first-order valence-electron chi connectivity index (χ1n) is 9.72. The van der Waals surface area contributed by atoms with E-state index < -0.39 is 5.25 Å². The second-order valence-electron chi connectivity index (χ2n) is 6.85. The van der Waals surface area contributed by atoms with Crippen molar-refractivity contribution in [1.29, 1.82) is 0 Å². The average Bonchev–Trinajstić information content (AvgIpc) is 2.71. The molecule has 1 aliphatic rings. The summed E-state index contributed by atoms with van der Waals surface area (Å²) in [5.74, 6) is -0.221. The number of nitrogens with zero attached hydrogens (tertiary/aromatic N) is 1. The number of rotatable bonds is 8. The van der Waals surface area contributed by atoms with Gasteiger partial charge in [0.15, 0.2) is 0 Å². The van der Waals surface area contributed by atoms with Crippen molar-refractivity contribution >= 4 is 29.3 Å². The van der Waals surface area contributed by atoms with E-state index in [0.717, 1.165) is 35.8 Å². The maximum absolute atomic E-state index is 12.4. The van der Waals surface area contributed by atoms with Crippen LogP contribution in [0.15, 0.2) is 53.4 Å². The summed E-state index contributed by atoms with van der Waals surface area (Å²) in [4.78, 5) is 28.0. The second kappa shape index (κ2) is 9.75. The van der Waals surface area contributed by atoms with Crippen LogP contribution in [0.1, 0.15) is 31.4 Å². The van der Waals surface area contributed by atoms with E-state index in [-0.39, 0.29) is 18.2 Å². The van der Waals surface area contributed by atoms with Crippen molar-refractivity contribution in [3.63, 3.8) is 0 Å². The molecule has 2 aromatic carbocycles. The van der Waals surface area contributed by atoms with Gasteiger partial charge in [-0.2, -0.15) is 0 Å². The molecule has 6 heteroatoms. The van der Waals surface area contributed by atoms with Crippen molar-refractivity contribution in [1.82, 2.24) is 10.2 Å². The smallest absolute Gasteiger partial charge is 0.238 e. The van der Waals surface area contributed by atoms with Crippen LogP contribution in [0.25, 0.3) is 0 Å². The molecule has 148 valence electrons. The zero-order valence-electron chi connectivity index (χ0n) is 16.4. The van der Waals surface area contributed by atoms with Crippen LogP contribution in [0, 0.1) is 0 Å². The largest absolute Gasteiger partial charge is 0.352 e. The highest BCUT2D eigenvalue weighted by atomic mass is 32.2. The van der Waals surface area contributed by atoms with E-state index in [9.17, 15) is 9.59 Å². The van der Waals surface area contributed by atoms with Gasteiger partial charge in [-0.25, -0.2) is 0 Å². The lowest BCUT2D eigenvalue weighted by molar-refractivity contribution is -0.124. The van der Waals surface area contributed by atoms with E-state index in [1.807, 2.05) is 36.4 Å². The normalized spacial score (nSPS) is 15.8. The zero-order chi connectivity index (χ0) is 19.9. The Morgan fingerprint density at radius 2 is 1.86 bits per heavy atom. The van der Waals surface area contributed by atoms with Gasteiger partial charge < -0.3 is 10.6 Å². The van der Waals surface area contributed by atoms with Gasteiger partial charge in [-0.1, -0.05) is 50.2 Å². The zero-order valence-corrected chi connectivity index (χ0v) is 17.2. The van der Waals surface area contributed by atoms with Gasteiger partial charge in [0, 0.05) is 24.4 Å². The Hall–Kier alpha value is -2.31. The first-order valence-corrected chi connectivity index (χ1v) is 10.6. The van der Waals surface area contributed by atoms with Gasteiger partial charge >= 0.3 is 0 Å². The number of carbonyl (C=O) groups is 2. The van der Waals surface area contributed by atoms with E-state index in [1.165, 1.54) is 17.3 Å². The minimum Gasteiger partial charge on any atom is -0.352 e. The molecule has 0 fully saturated rings. The Bertz CT molecular complexity index is 836. The van der Waals surface area contributed by atoms with Gasteiger partial charge in [0.05, 0.1) is 10.9 Å². The van der Waals surface area contributed by atoms with Crippen LogP contribution in [0.2, 0.25) is 0 Å². The monoisotopic (exact) mass is 397 g/mol. The van der Waals surface area contributed by atoms with Gasteiger partial charge in [-0.3, -0.25) is 14.5 Å². The van der Waals surface area contributed by atoms with E-state index in [0.29, 0.717) is 6.54 Å². The summed E-state index contributed by atoms with van der Waals surface area (Å²) in [6, 6.07) is 16.0. The number of fused-ring (bicyclic) bond motifs is 1. The molecule has 1 atom stereocenters. The molecule has 3 rings (SSSR count).